The van der Waals surface area contributed by atoms with E-state index < -0.39 is 0 Å². The van der Waals surface area contributed by atoms with Crippen molar-refractivity contribution in [2.45, 2.75) is 6.92 Å². The Kier molecular flexibility index (Phi) is 3.80. The third-order valence-electron chi connectivity index (χ3n) is 3.00. The highest BCUT2D eigenvalue weighted by atomic mass is 16.5. The van der Waals surface area contributed by atoms with Crippen molar-refractivity contribution in [3.05, 3.63) is 23.9 Å². The lowest BCUT2D eigenvalue weighted by Crippen LogP contribution is -2.40. The van der Waals surface area contributed by atoms with Crippen LogP contribution in [0.4, 0.5) is 0 Å². The Morgan fingerprint density at radius 2 is 2.07 bits per heavy atom. The quantitative estimate of drug-likeness (QED) is 0.690. The fourth-order valence-corrected chi connectivity index (χ4v) is 1.87. The first-order valence-electron chi connectivity index (χ1n) is 5.74. The van der Waals surface area contributed by atoms with Crippen molar-refractivity contribution in [1.29, 1.82) is 0 Å². The minimum absolute atomic E-state index is 0.898. The summed E-state index contributed by atoms with van der Waals surface area (Å²) in [5.74, 6) is 0. The maximum Gasteiger partial charge on any atom is 0.0594 e. The molecule has 2 rings (SSSR count). The molecule has 0 unspecified atom stereocenters. The van der Waals surface area contributed by atoms with Gasteiger partial charge in [-0.3, -0.25) is 4.90 Å². The highest BCUT2D eigenvalue weighted by molar-refractivity contribution is 5.19. The Bertz CT molecular complexity index is 254. The van der Waals surface area contributed by atoms with E-state index in [0.717, 1.165) is 45.9 Å². The zero-order valence-electron chi connectivity index (χ0n) is 9.48. The smallest absolute Gasteiger partial charge is 0.0594 e. The molecule has 0 aliphatic carbocycles. The summed E-state index contributed by atoms with van der Waals surface area (Å²) in [5.41, 5.74) is 1.37. The van der Waals surface area contributed by atoms with Crippen LogP contribution in [0.2, 0.25) is 0 Å². The first kappa shape index (κ1) is 10.7. The van der Waals surface area contributed by atoms with Gasteiger partial charge in [0.15, 0.2) is 0 Å². The molecular weight excluding hydrogens is 188 g/mol. The number of rotatable bonds is 3. The zero-order chi connectivity index (χ0) is 10.5. The van der Waals surface area contributed by atoms with Crippen LogP contribution in [-0.4, -0.2) is 55.7 Å². The molecule has 0 atom stereocenters. The average molecular weight is 208 g/mol. The van der Waals surface area contributed by atoms with Crippen molar-refractivity contribution in [2.75, 3.05) is 45.9 Å². The molecule has 15 heavy (non-hydrogen) atoms. The van der Waals surface area contributed by atoms with E-state index >= 15 is 0 Å². The summed E-state index contributed by atoms with van der Waals surface area (Å²) in [5, 5.41) is 0. The van der Waals surface area contributed by atoms with Crippen LogP contribution in [0.15, 0.2) is 23.9 Å². The Labute approximate surface area is 92.0 Å². The molecule has 1 saturated heterocycles. The van der Waals surface area contributed by atoms with Crippen molar-refractivity contribution in [3.8, 4) is 0 Å². The summed E-state index contributed by atoms with van der Waals surface area (Å²) >= 11 is 0. The van der Waals surface area contributed by atoms with Gasteiger partial charge in [-0.2, -0.15) is 0 Å². The number of ether oxygens (including phenoxy) is 1. The minimum atomic E-state index is 0.898. The second-order valence-electron chi connectivity index (χ2n) is 4.21. The maximum absolute atomic E-state index is 5.33. The Morgan fingerprint density at radius 3 is 2.73 bits per heavy atom. The standard InChI is InChI=1S/C12H20N2O/c1-12-2-4-13(5-3-12)6-7-14-8-10-15-11-9-14/h2-4H,5-11H2,1H3. The van der Waals surface area contributed by atoms with Gasteiger partial charge in [0.25, 0.3) is 0 Å². The third kappa shape index (κ3) is 3.36. The summed E-state index contributed by atoms with van der Waals surface area (Å²) in [6.07, 6.45) is 6.66. The lowest BCUT2D eigenvalue weighted by Gasteiger charge is -2.30. The molecule has 0 amide bonds. The molecule has 2 aliphatic rings. The normalized spacial score (nSPS) is 23.0. The van der Waals surface area contributed by atoms with Crippen LogP contribution in [0.5, 0.6) is 0 Å². The second kappa shape index (κ2) is 5.33. The molecule has 0 spiro atoms. The van der Waals surface area contributed by atoms with E-state index in [0.29, 0.717) is 0 Å². The molecule has 0 saturated carbocycles. The van der Waals surface area contributed by atoms with Crippen LogP contribution < -0.4 is 0 Å². The van der Waals surface area contributed by atoms with Crippen molar-refractivity contribution < 1.29 is 4.74 Å². The monoisotopic (exact) mass is 208 g/mol. The Balaban J connectivity index is 1.67. The van der Waals surface area contributed by atoms with Gasteiger partial charge in [-0.25, -0.2) is 0 Å². The van der Waals surface area contributed by atoms with E-state index in [1.54, 1.807) is 0 Å². The van der Waals surface area contributed by atoms with E-state index in [2.05, 4.69) is 35.1 Å². The van der Waals surface area contributed by atoms with Crippen LogP contribution in [0.25, 0.3) is 0 Å². The van der Waals surface area contributed by atoms with E-state index in [1.165, 1.54) is 5.57 Å². The average Bonchev–Trinajstić information content (AvgIpc) is 2.30. The van der Waals surface area contributed by atoms with Crippen LogP contribution in [0.3, 0.4) is 0 Å². The third-order valence-corrected chi connectivity index (χ3v) is 3.00. The van der Waals surface area contributed by atoms with Gasteiger partial charge in [-0.05, 0) is 19.2 Å². The minimum Gasteiger partial charge on any atom is -0.379 e. The van der Waals surface area contributed by atoms with Gasteiger partial charge in [0, 0.05) is 32.7 Å². The number of hydrogen-bond acceptors (Lipinski definition) is 3. The molecule has 0 aromatic rings. The van der Waals surface area contributed by atoms with Crippen LogP contribution in [-0.2, 0) is 4.74 Å². The second-order valence-corrected chi connectivity index (χ2v) is 4.21. The molecular formula is C12H20N2O. The molecule has 0 aromatic carbocycles. The molecule has 0 aromatic heterocycles. The van der Waals surface area contributed by atoms with E-state index in [4.69, 9.17) is 4.74 Å². The topological polar surface area (TPSA) is 15.7 Å². The van der Waals surface area contributed by atoms with Gasteiger partial charge < -0.3 is 9.64 Å². The number of allylic oxidation sites excluding steroid dienone is 2. The summed E-state index contributed by atoms with van der Waals surface area (Å²) in [4.78, 5) is 4.84. The largest absolute Gasteiger partial charge is 0.379 e. The Hall–Kier alpha value is -0.800. The lowest BCUT2D eigenvalue weighted by molar-refractivity contribution is 0.0355. The molecule has 3 nitrogen and oxygen atoms in total. The summed E-state index contributed by atoms with van der Waals surface area (Å²) < 4.78 is 5.33. The number of nitrogens with zero attached hydrogens (tertiary/aromatic N) is 2. The fourth-order valence-electron chi connectivity index (χ4n) is 1.87. The van der Waals surface area contributed by atoms with Gasteiger partial charge in [0.05, 0.1) is 13.2 Å². The van der Waals surface area contributed by atoms with Crippen molar-refractivity contribution in [2.24, 2.45) is 0 Å². The van der Waals surface area contributed by atoms with Crippen LogP contribution >= 0.6 is 0 Å². The lowest BCUT2D eigenvalue weighted by atomic mass is 10.2. The molecule has 0 N–H and O–H groups in total. The van der Waals surface area contributed by atoms with Gasteiger partial charge >= 0.3 is 0 Å². The first-order valence-corrected chi connectivity index (χ1v) is 5.74. The van der Waals surface area contributed by atoms with Gasteiger partial charge in [0.1, 0.15) is 0 Å². The molecule has 0 bridgehead atoms. The van der Waals surface area contributed by atoms with Crippen LogP contribution in [0, 0.1) is 0 Å². The molecule has 84 valence electrons. The SMILES string of the molecule is CC1=CCN(CCN2CCOCC2)C=C1. The van der Waals surface area contributed by atoms with Gasteiger partial charge in [0.2, 0.25) is 0 Å². The van der Waals surface area contributed by atoms with Crippen molar-refractivity contribution in [1.82, 2.24) is 9.80 Å². The van der Waals surface area contributed by atoms with Crippen LogP contribution in [0.1, 0.15) is 6.92 Å². The highest BCUT2D eigenvalue weighted by Crippen LogP contribution is 2.06. The first-order chi connectivity index (χ1) is 7.34. The number of morpholine rings is 1. The van der Waals surface area contributed by atoms with E-state index in [-0.39, 0.29) is 0 Å². The molecule has 3 heteroatoms. The fraction of sp³-hybridized carbons (Fsp3) is 0.667. The van der Waals surface area contributed by atoms with Crippen molar-refractivity contribution >= 4 is 0 Å². The van der Waals surface area contributed by atoms with Crippen molar-refractivity contribution in [3.63, 3.8) is 0 Å². The predicted molar refractivity (Wildman–Crippen MR) is 61.7 cm³/mol. The predicted octanol–water partition coefficient (Wildman–Crippen LogP) is 1.09. The summed E-state index contributed by atoms with van der Waals surface area (Å²) in [7, 11) is 0. The molecule has 0 radical (unpaired) electrons. The zero-order valence-corrected chi connectivity index (χ0v) is 9.48. The number of hydrogen-bond donors (Lipinski definition) is 0. The van der Waals surface area contributed by atoms with Gasteiger partial charge in [-0.15, -0.1) is 0 Å². The molecule has 2 heterocycles. The molecule has 1 fully saturated rings. The highest BCUT2D eigenvalue weighted by Gasteiger charge is 2.11. The molecule has 2 aliphatic heterocycles. The maximum atomic E-state index is 5.33. The summed E-state index contributed by atoms with van der Waals surface area (Å²) in [6, 6.07) is 0. The van der Waals surface area contributed by atoms with E-state index in [1.807, 2.05) is 0 Å². The summed E-state index contributed by atoms with van der Waals surface area (Å²) in [6.45, 7) is 9.46. The van der Waals surface area contributed by atoms with Gasteiger partial charge in [-0.1, -0.05) is 11.6 Å². The van der Waals surface area contributed by atoms with E-state index in [9.17, 15) is 0 Å². The Morgan fingerprint density at radius 1 is 1.27 bits per heavy atom.